The molecule has 0 spiro atoms. The Morgan fingerprint density at radius 1 is 0.688 bits per heavy atom. The minimum atomic E-state index is -1.67. The first-order chi connectivity index (χ1) is 15.0. The SMILES string of the molecule is CCCCCCCCCCCCOC(=O)CCCCCCCC(=O)OC(=O)C(O)CO.[Zn]. The van der Waals surface area contributed by atoms with Crippen LogP contribution >= 0.6 is 0 Å². The maximum Gasteiger partial charge on any atom is 0.345 e. The Morgan fingerprint density at radius 2 is 1.12 bits per heavy atom. The molecule has 0 fully saturated rings. The Kier molecular flexibility index (Phi) is 25.8. The summed E-state index contributed by atoms with van der Waals surface area (Å²) >= 11 is 0. The van der Waals surface area contributed by atoms with Crippen LogP contribution in [-0.2, 0) is 43.3 Å². The first-order valence-electron chi connectivity index (χ1n) is 12.2. The van der Waals surface area contributed by atoms with Gasteiger partial charge in [0.1, 0.15) is 0 Å². The second kappa shape index (κ2) is 24.8. The molecule has 0 aliphatic carbocycles. The van der Waals surface area contributed by atoms with Crippen molar-refractivity contribution in [2.24, 2.45) is 0 Å². The van der Waals surface area contributed by atoms with E-state index in [0.29, 0.717) is 19.4 Å². The van der Waals surface area contributed by atoms with Gasteiger partial charge in [0, 0.05) is 32.3 Å². The van der Waals surface area contributed by atoms with Crippen molar-refractivity contribution in [2.75, 3.05) is 13.2 Å². The molecule has 0 aromatic rings. The molecule has 1 atom stereocenters. The normalized spacial score (nSPS) is 11.5. The van der Waals surface area contributed by atoms with Crippen LogP contribution in [0.15, 0.2) is 0 Å². The molecule has 0 aliphatic rings. The summed E-state index contributed by atoms with van der Waals surface area (Å²) in [5, 5.41) is 17.6. The number of carbonyl (C=O) groups is 3. The monoisotopic (exact) mass is 508 g/mol. The summed E-state index contributed by atoms with van der Waals surface area (Å²) in [5.74, 6) is -1.96. The van der Waals surface area contributed by atoms with Crippen molar-refractivity contribution in [1.82, 2.24) is 0 Å². The summed E-state index contributed by atoms with van der Waals surface area (Å²) in [7, 11) is 0. The predicted molar refractivity (Wildman–Crippen MR) is 119 cm³/mol. The molecule has 0 rings (SSSR count). The molecule has 0 aliphatic heterocycles. The summed E-state index contributed by atoms with van der Waals surface area (Å²) in [6.07, 6.45) is 15.3. The zero-order valence-electron chi connectivity index (χ0n) is 20.2. The van der Waals surface area contributed by atoms with Crippen molar-refractivity contribution >= 4 is 17.9 Å². The van der Waals surface area contributed by atoms with Crippen molar-refractivity contribution < 1.29 is 53.5 Å². The Hall–Kier alpha value is -0.847. The molecule has 0 heterocycles. The zero-order chi connectivity index (χ0) is 23.2. The fourth-order valence-corrected chi connectivity index (χ4v) is 3.22. The first-order valence-corrected chi connectivity index (χ1v) is 12.2. The third-order valence-corrected chi connectivity index (χ3v) is 5.18. The van der Waals surface area contributed by atoms with Crippen molar-refractivity contribution in [2.45, 2.75) is 122 Å². The van der Waals surface area contributed by atoms with Gasteiger partial charge in [0.25, 0.3) is 0 Å². The van der Waals surface area contributed by atoms with E-state index in [9.17, 15) is 14.4 Å². The Labute approximate surface area is 206 Å². The maximum atomic E-state index is 11.7. The zero-order valence-corrected chi connectivity index (χ0v) is 23.1. The van der Waals surface area contributed by atoms with E-state index in [-0.39, 0.29) is 31.9 Å². The summed E-state index contributed by atoms with van der Waals surface area (Å²) in [6.45, 7) is 1.98. The predicted octanol–water partition coefficient (Wildman–Crippen LogP) is 4.60. The van der Waals surface area contributed by atoms with Gasteiger partial charge in [-0.3, -0.25) is 9.59 Å². The van der Waals surface area contributed by atoms with Gasteiger partial charge in [0.2, 0.25) is 0 Å². The van der Waals surface area contributed by atoms with Crippen molar-refractivity contribution in [3.05, 3.63) is 0 Å². The van der Waals surface area contributed by atoms with Gasteiger partial charge in [-0.1, -0.05) is 84.0 Å². The second-order valence-corrected chi connectivity index (χ2v) is 8.16. The molecule has 0 bridgehead atoms. The summed E-state index contributed by atoms with van der Waals surface area (Å²) in [4.78, 5) is 34.2. The van der Waals surface area contributed by atoms with E-state index in [1.54, 1.807) is 0 Å². The molecule has 0 aromatic heterocycles. The van der Waals surface area contributed by atoms with Crippen LogP contribution in [0.5, 0.6) is 0 Å². The van der Waals surface area contributed by atoms with E-state index in [1.165, 1.54) is 51.4 Å². The third-order valence-electron chi connectivity index (χ3n) is 5.18. The molecular formula is C24H44O7Zn. The summed E-state index contributed by atoms with van der Waals surface area (Å²) < 4.78 is 9.67. The number of rotatable bonds is 21. The molecule has 2 N–H and O–H groups in total. The van der Waals surface area contributed by atoms with Crippen LogP contribution in [0.3, 0.4) is 0 Å². The van der Waals surface area contributed by atoms with E-state index < -0.39 is 24.6 Å². The quantitative estimate of drug-likeness (QED) is 0.101. The van der Waals surface area contributed by atoms with Crippen molar-refractivity contribution in [1.29, 1.82) is 0 Å². The molecule has 184 valence electrons. The van der Waals surface area contributed by atoms with Crippen LogP contribution in [-0.4, -0.2) is 47.4 Å². The van der Waals surface area contributed by atoms with Gasteiger partial charge in [-0.2, -0.15) is 0 Å². The molecule has 1 unspecified atom stereocenters. The Morgan fingerprint density at radius 3 is 1.62 bits per heavy atom. The van der Waals surface area contributed by atoms with Crippen LogP contribution in [0.1, 0.15) is 116 Å². The van der Waals surface area contributed by atoms with Gasteiger partial charge in [0.05, 0.1) is 13.2 Å². The van der Waals surface area contributed by atoms with Crippen LogP contribution < -0.4 is 0 Å². The average Bonchev–Trinajstić information content (AvgIpc) is 2.76. The van der Waals surface area contributed by atoms with E-state index in [4.69, 9.17) is 14.9 Å². The molecular weight excluding hydrogens is 466 g/mol. The number of aliphatic hydroxyl groups excluding tert-OH is 2. The number of unbranched alkanes of at least 4 members (excludes halogenated alkanes) is 13. The molecule has 0 radical (unpaired) electrons. The van der Waals surface area contributed by atoms with Crippen LogP contribution in [0, 0.1) is 0 Å². The fourth-order valence-electron chi connectivity index (χ4n) is 3.22. The van der Waals surface area contributed by atoms with Crippen molar-refractivity contribution in [3.8, 4) is 0 Å². The molecule has 8 heteroatoms. The topological polar surface area (TPSA) is 110 Å². The number of hydrogen-bond donors (Lipinski definition) is 2. The third kappa shape index (κ3) is 22.4. The average molecular weight is 510 g/mol. The van der Waals surface area contributed by atoms with Gasteiger partial charge >= 0.3 is 17.9 Å². The Bertz CT molecular complexity index is 471. The Balaban J connectivity index is 0. The van der Waals surface area contributed by atoms with Crippen LogP contribution in [0.25, 0.3) is 0 Å². The summed E-state index contributed by atoms with van der Waals surface area (Å²) in [5.41, 5.74) is 0. The number of hydrogen-bond acceptors (Lipinski definition) is 7. The van der Waals surface area contributed by atoms with Gasteiger partial charge in [0.15, 0.2) is 6.10 Å². The van der Waals surface area contributed by atoms with Crippen LogP contribution in [0.4, 0.5) is 0 Å². The molecule has 0 aromatic carbocycles. The first kappa shape index (κ1) is 33.3. The van der Waals surface area contributed by atoms with E-state index >= 15 is 0 Å². The van der Waals surface area contributed by atoms with Gasteiger partial charge < -0.3 is 19.7 Å². The number of esters is 3. The van der Waals surface area contributed by atoms with E-state index in [1.807, 2.05) is 0 Å². The molecule has 0 amide bonds. The number of ether oxygens (including phenoxy) is 2. The van der Waals surface area contributed by atoms with Gasteiger partial charge in [-0.05, 0) is 19.3 Å². The molecule has 7 nitrogen and oxygen atoms in total. The smallest absolute Gasteiger partial charge is 0.345 e. The standard InChI is InChI=1S/C24H44O7.Zn/c1-2-3-4-5-6-7-8-9-13-16-19-30-22(27)17-14-11-10-12-15-18-23(28)31-24(29)21(26)20-25;/h21,25-26H,2-20H2,1H3;. The van der Waals surface area contributed by atoms with Crippen LogP contribution in [0.2, 0.25) is 0 Å². The summed E-state index contributed by atoms with van der Waals surface area (Å²) in [6, 6.07) is 0. The second-order valence-electron chi connectivity index (χ2n) is 8.16. The van der Waals surface area contributed by atoms with Gasteiger partial charge in [-0.25, -0.2) is 4.79 Å². The number of aliphatic hydroxyl groups is 2. The largest absolute Gasteiger partial charge is 0.466 e. The molecule has 0 saturated heterocycles. The minimum Gasteiger partial charge on any atom is -0.466 e. The fraction of sp³-hybridized carbons (Fsp3) is 0.875. The van der Waals surface area contributed by atoms with Crippen molar-refractivity contribution in [3.63, 3.8) is 0 Å². The van der Waals surface area contributed by atoms with E-state index in [2.05, 4.69) is 11.7 Å². The number of carbonyl (C=O) groups excluding carboxylic acids is 3. The van der Waals surface area contributed by atoms with E-state index in [0.717, 1.165) is 38.5 Å². The maximum absolute atomic E-state index is 11.7. The molecule has 32 heavy (non-hydrogen) atoms. The molecule has 0 saturated carbocycles. The minimum absolute atomic E-state index is 0. The van der Waals surface area contributed by atoms with Gasteiger partial charge in [-0.15, -0.1) is 0 Å².